The Hall–Kier alpha value is -3.99. The summed E-state index contributed by atoms with van der Waals surface area (Å²) in [6, 6.07) is 12.5. The van der Waals surface area contributed by atoms with Crippen molar-refractivity contribution < 1.29 is 13.2 Å². The number of hydrogen-bond acceptors (Lipinski definition) is 3. The van der Waals surface area contributed by atoms with Gasteiger partial charge in [-0.15, -0.1) is 0 Å². The lowest BCUT2D eigenvalue weighted by molar-refractivity contribution is -0.137. The van der Waals surface area contributed by atoms with E-state index in [1.54, 1.807) is 29.0 Å². The molecule has 0 bridgehead atoms. The molecule has 0 unspecified atom stereocenters. The molecular formula is C25H19BF3N4. The van der Waals surface area contributed by atoms with Gasteiger partial charge in [-0.1, -0.05) is 36.9 Å². The molecule has 0 saturated heterocycles. The van der Waals surface area contributed by atoms with Gasteiger partial charge in [0.25, 0.3) is 0 Å². The highest BCUT2D eigenvalue weighted by Crippen LogP contribution is 2.31. The van der Waals surface area contributed by atoms with Gasteiger partial charge in [0.05, 0.1) is 11.8 Å². The van der Waals surface area contributed by atoms with E-state index in [0.29, 0.717) is 22.7 Å². The van der Waals surface area contributed by atoms with Gasteiger partial charge in [-0.3, -0.25) is 0 Å². The molecule has 8 heteroatoms. The predicted octanol–water partition coefficient (Wildman–Crippen LogP) is 4.92. The lowest BCUT2D eigenvalue weighted by Gasteiger charge is -2.18. The van der Waals surface area contributed by atoms with Crippen LogP contribution >= 0.6 is 0 Å². The summed E-state index contributed by atoms with van der Waals surface area (Å²) >= 11 is 0. The van der Waals surface area contributed by atoms with Crippen LogP contribution in [0.5, 0.6) is 0 Å². The molecule has 2 aromatic heterocycles. The summed E-state index contributed by atoms with van der Waals surface area (Å²) in [7, 11) is 1.91. The topological polar surface area (TPSA) is 42.2 Å². The first kappa shape index (κ1) is 22.2. The maximum Gasteiger partial charge on any atom is 0.416 e. The normalized spacial score (nSPS) is 11.1. The summed E-state index contributed by atoms with van der Waals surface area (Å²) in [5.41, 5.74) is 4.74. The van der Waals surface area contributed by atoms with Gasteiger partial charge in [0.15, 0.2) is 12.9 Å². The van der Waals surface area contributed by atoms with Gasteiger partial charge in [0, 0.05) is 23.1 Å². The number of aromatic nitrogens is 3. The van der Waals surface area contributed by atoms with Gasteiger partial charge in [0.2, 0.25) is 0 Å². The van der Waals surface area contributed by atoms with Crippen LogP contribution in [0.2, 0.25) is 6.82 Å². The number of anilines is 1. The minimum atomic E-state index is -4.42. The SMILES string of the molecule is C=C(Nc1cccc(C(F)(F)F)c1)c1c(C)ccc(C#Cc2cnc3cccnn23)c1[B]C. The number of alkyl halides is 3. The van der Waals surface area contributed by atoms with Crippen molar-refractivity contribution in [1.29, 1.82) is 0 Å². The molecule has 0 saturated carbocycles. The van der Waals surface area contributed by atoms with E-state index in [0.717, 1.165) is 34.3 Å². The van der Waals surface area contributed by atoms with E-state index in [-0.39, 0.29) is 0 Å². The lowest BCUT2D eigenvalue weighted by atomic mass is 9.67. The molecule has 2 aromatic carbocycles. The number of halogens is 3. The summed E-state index contributed by atoms with van der Waals surface area (Å²) in [5.74, 6) is 6.29. The van der Waals surface area contributed by atoms with Crippen LogP contribution in [0.3, 0.4) is 0 Å². The summed E-state index contributed by atoms with van der Waals surface area (Å²) < 4.78 is 40.9. The number of nitrogens with zero attached hydrogens (tertiary/aromatic N) is 3. The zero-order chi connectivity index (χ0) is 23.6. The summed E-state index contributed by atoms with van der Waals surface area (Å²) in [5, 5.41) is 7.29. The minimum Gasteiger partial charge on any atom is -0.356 e. The monoisotopic (exact) mass is 443 g/mol. The molecule has 1 radical (unpaired) electrons. The summed E-state index contributed by atoms with van der Waals surface area (Å²) in [4.78, 5) is 4.29. The third kappa shape index (κ3) is 4.63. The van der Waals surface area contributed by atoms with E-state index >= 15 is 0 Å². The Morgan fingerprint density at radius 1 is 1.12 bits per heavy atom. The van der Waals surface area contributed by atoms with Crippen molar-refractivity contribution in [1.82, 2.24) is 14.6 Å². The molecule has 0 aliphatic heterocycles. The second-order valence-corrected chi connectivity index (χ2v) is 7.38. The van der Waals surface area contributed by atoms with Crippen molar-refractivity contribution >= 4 is 29.8 Å². The fourth-order valence-electron chi connectivity index (χ4n) is 3.59. The van der Waals surface area contributed by atoms with E-state index in [1.807, 2.05) is 39.2 Å². The van der Waals surface area contributed by atoms with Crippen LogP contribution in [-0.2, 0) is 6.18 Å². The Balaban J connectivity index is 1.69. The van der Waals surface area contributed by atoms with Gasteiger partial charge < -0.3 is 5.32 Å². The number of aryl methyl sites for hydroxylation is 1. The standard InChI is InChI=1S/C25H19BF3N4/c1-16-9-10-18(11-12-21-15-30-22-8-5-13-31-33(21)22)24(26-3)23(16)17(2)32-20-7-4-6-19(14-20)25(27,28)29/h4-10,13-15,32H,2H2,1,3H3. The van der Waals surface area contributed by atoms with Crippen molar-refractivity contribution in [2.45, 2.75) is 19.9 Å². The molecule has 0 fully saturated rings. The summed E-state index contributed by atoms with van der Waals surface area (Å²) in [6.45, 7) is 7.90. The molecule has 0 spiro atoms. The number of hydrogen-bond donors (Lipinski definition) is 1. The Bertz CT molecular complexity index is 1410. The quantitative estimate of drug-likeness (QED) is 0.360. The molecular weight excluding hydrogens is 424 g/mol. The maximum atomic E-state index is 13.1. The van der Waals surface area contributed by atoms with Crippen molar-refractivity contribution in [2.24, 2.45) is 0 Å². The first-order valence-corrected chi connectivity index (χ1v) is 10.1. The van der Waals surface area contributed by atoms with Gasteiger partial charge in [0.1, 0.15) is 5.69 Å². The molecule has 4 rings (SSSR count). The molecule has 0 atom stereocenters. The highest BCUT2D eigenvalue weighted by Gasteiger charge is 2.30. The van der Waals surface area contributed by atoms with Crippen LogP contribution in [0.15, 0.2) is 67.5 Å². The van der Waals surface area contributed by atoms with Crippen molar-refractivity contribution in [3.8, 4) is 11.8 Å². The first-order chi connectivity index (χ1) is 15.8. The second-order valence-electron chi connectivity index (χ2n) is 7.38. The highest BCUT2D eigenvalue weighted by molar-refractivity contribution is 6.54. The maximum absolute atomic E-state index is 13.1. The van der Waals surface area contributed by atoms with E-state index in [2.05, 4.69) is 33.8 Å². The van der Waals surface area contributed by atoms with Gasteiger partial charge in [-0.25, -0.2) is 9.50 Å². The predicted molar refractivity (Wildman–Crippen MR) is 125 cm³/mol. The molecule has 2 heterocycles. The third-order valence-electron chi connectivity index (χ3n) is 5.13. The second kappa shape index (κ2) is 8.87. The van der Waals surface area contributed by atoms with E-state index in [4.69, 9.17) is 0 Å². The number of nitrogens with one attached hydrogen (secondary N) is 1. The highest BCUT2D eigenvalue weighted by atomic mass is 19.4. The van der Waals surface area contributed by atoms with Crippen molar-refractivity contribution in [3.05, 3.63) is 95.5 Å². The van der Waals surface area contributed by atoms with Gasteiger partial charge >= 0.3 is 6.18 Å². The number of imidazole rings is 1. The Labute approximate surface area is 190 Å². The zero-order valence-corrected chi connectivity index (χ0v) is 18.0. The largest absolute Gasteiger partial charge is 0.416 e. The van der Waals surface area contributed by atoms with Crippen LogP contribution in [0.4, 0.5) is 18.9 Å². The number of fused-ring (bicyclic) bond motifs is 1. The third-order valence-corrected chi connectivity index (χ3v) is 5.13. The van der Waals surface area contributed by atoms with Crippen LogP contribution in [0, 0.1) is 18.8 Å². The van der Waals surface area contributed by atoms with Crippen LogP contribution < -0.4 is 10.8 Å². The van der Waals surface area contributed by atoms with Crippen LogP contribution in [0.1, 0.15) is 27.9 Å². The fourth-order valence-corrected chi connectivity index (χ4v) is 3.59. The zero-order valence-electron chi connectivity index (χ0n) is 18.0. The van der Waals surface area contributed by atoms with Crippen molar-refractivity contribution in [2.75, 3.05) is 5.32 Å². The number of benzene rings is 2. The molecule has 4 aromatic rings. The molecule has 0 aliphatic rings. The Morgan fingerprint density at radius 2 is 1.94 bits per heavy atom. The molecule has 33 heavy (non-hydrogen) atoms. The molecule has 1 N–H and O–H groups in total. The average Bonchev–Trinajstić information content (AvgIpc) is 3.20. The smallest absolute Gasteiger partial charge is 0.356 e. The summed E-state index contributed by atoms with van der Waals surface area (Å²) in [6.07, 6.45) is -1.09. The van der Waals surface area contributed by atoms with Crippen LogP contribution in [0.25, 0.3) is 11.3 Å². The average molecular weight is 443 g/mol. The first-order valence-electron chi connectivity index (χ1n) is 10.1. The molecule has 0 amide bonds. The van der Waals surface area contributed by atoms with Gasteiger partial charge in [-0.2, -0.15) is 18.3 Å². The molecule has 163 valence electrons. The molecule has 0 aliphatic carbocycles. The fraction of sp³-hybridized carbons (Fsp3) is 0.120. The van der Waals surface area contributed by atoms with Crippen LogP contribution in [-0.4, -0.2) is 21.9 Å². The lowest BCUT2D eigenvalue weighted by Crippen LogP contribution is -2.23. The Morgan fingerprint density at radius 3 is 2.70 bits per heavy atom. The van der Waals surface area contributed by atoms with E-state index in [1.165, 1.54) is 6.07 Å². The van der Waals surface area contributed by atoms with E-state index < -0.39 is 11.7 Å². The number of rotatable bonds is 4. The molecule has 4 nitrogen and oxygen atoms in total. The Kier molecular flexibility index (Phi) is 5.97. The minimum absolute atomic E-state index is 0.310. The van der Waals surface area contributed by atoms with Gasteiger partial charge in [-0.05, 0) is 60.4 Å². The van der Waals surface area contributed by atoms with E-state index in [9.17, 15) is 13.2 Å². The van der Waals surface area contributed by atoms with Crippen molar-refractivity contribution in [3.63, 3.8) is 0 Å².